The molecule has 53 valence electrons. The number of hydrogen-bond acceptors (Lipinski definition) is 1. The number of allylic oxidation sites excluding steroid dienone is 2. The summed E-state index contributed by atoms with van der Waals surface area (Å²) < 4.78 is 0. The Kier molecular flexibility index (Phi) is 3.97. The Morgan fingerprint density at radius 3 is 2.40 bits per heavy atom. The van der Waals surface area contributed by atoms with Gasteiger partial charge in [-0.2, -0.15) is 0 Å². The smallest absolute Gasteiger partial charge is 0.150 e. The van der Waals surface area contributed by atoms with Crippen molar-refractivity contribution in [3.05, 3.63) is 26.0 Å². The minimum atomic E-state index is -0.286. The van der Waals surface area contributed by atoms with Gasteiger partial charge in [0, 0.05) is 32.7 Å². The second-order valence-electron chi connectivity index (χ2n) is 2.75. The van der Waals surface area contributed by atoms with Crippen LogP contribution < -0.4 is 0 Å². The number of hydrogen-bond donors (Lipinski definition) is 0. The summed E-state index contributed by atoms with van der Waals surface area (Å²) >= 11 is 0. The van der Waals surface area contributed by atoms with Crippen LogP contribution in [0, 0.1) is 19.3 Å². The molecule has 1 aliphatic rings. The van der Waals surface area contributed by atoms with Gasteiger partial charge in [0.2, 0.25) is 0 Å². The first kappa shape index (κ1) is 10.5. The van der Waals surface area contributed by atoms with Gasteiger partial charge in [0.15, 0.2) is 5.78 Å². The summed E-state index contributed by atoms with van der Waals surface area (Å²) in [4.78, 5) is 10.7. The van der Waals surface area contributed by atoms with Crippen LogP contribution in [0.3, 0.4) is 0 Å². The first-order valence-electron chi connectivity index (χ1n) is 3.00. The van der Waals surface area contributed by atoms with E-state index in [2.05, 4.69) is 13.8 Å². The average molecular weight is 211 g/mol. The second kappa shape index (κ2) is 3.78. The average Bonchev–Trinajstić information content (AvgIpc) is 1.60. The standard InChI is InChI=1S/C8H10O.Y/c1-8(2)5-3-4-7(9)6-8;/h3-4H,1-2,5-6H2;/q-2;. The van der Waals surface area contributed by atoms with Gasteiger partial charge in [-0.3, -0.25) is 10.2 Å². The van der Waals surface area contributed by atoms with Crippen molar-refractivity contribution in [1.29, 1.82) is 0 Å². The van der Waals surface area contributed by atoms with E-state index < -0.39 is 0 Å². The minimum Gasteiger partial charge on any atom is -0.366 e. The molecule has 0 saturated carbocycles. The molecular formula is C8H10OY-2. The molecule has 0 aromatic carbocycles. The van der Waals surface area contributed by atoms with E-state index in [0.717, 1.165) is 6.42 Å². The van der Waals surface area contributed by atoms with Crippen LogP contribution in [0.4, 0.5) is 0 Å². The Morgan fingerprint density at radius 2 is 2.10 bits per heavy atom. The van der Waals surface area contributed by atoms with Crippen LogP contribution in [0.2, 0.25) is 0 Å². The van der Waals surface area contributed by atoms with Gasteiger partial charge >= 0.3 is 0 Å². The Hall–Kier alpha value is 0.514. The first-order chi connectivity index (χ1) is 4.10. The number of ketones is 1. The zero-order chi connectivity index (χ0) is 6.91. The van der Waals surface area contributed by atoms with Crippen molar-refractivity contribution in [1.82, 2.24) is 0 Å². The van der Waals surface area contributed by atoms with Gasteiger partial charge in [0.1, 0.15) is 0 Å². The van der Waals surface area contributed by atoms with Crippen molar-refractivity contribution < 1.29 is 37.5 Å². The molecule has 0 saturated heterocycles. The van der Waals surface area contributed by atoms with E-state index in [0.29, 0.717) is 6.42 Å². The SMILES string of the molecule is [CH2-]C1([CH2-])CC=CC(=O)C1.[Y]. The zero-order valence-corrected chi connectivity index (χ0v) is 8.81. The molecule has 0 aromatic heterocycles. The van der Waals surface area contributed by atoms with E-state index in [1.54, 1.807) is 6.08 Å². The third-order valence-electron chi connectivity index (χ3n) is 1.40. The quantitative estimate of drug-likeness (QED) is 0.555. The molecule has 0 amide bonds. The largest absolute Gasteiger partial charge is 0.366 e. The summed E-state index contributed by atoms with van der Waals surface area (Å²) in [5.41, 5.74) is -0.286. The normalized spacial score (nSPS) is 22.0. The van der Waals surface area contributed by atoms with E-state index in [1.807, 2.05) is 6.08 Å². The summed E-state index contributed by atoms with van der Waals surface area (Å²) in [6.45, 7) is 7.59. The zero-order valence-electron chi connectivity index (χ0n) is 5.97. The van der Waals surface area contributed by atoms with Crippen LogP contribution >= 0.6 is 0 Å². The van der Waals surface area contributed by atoms with Crippen molar-refractivity contribution in [3.63, 3.8) is 0 Å². The Bertz CT molecular complexity index is 159. The molecule has 1 radical (unpaired) electrons. The maximum atomic E-state index is 10.7. The summed E-state index contributed by atoms with van der Waals surface area (Å²) in [7, 11) is 0. The summed E-state index contributed by atoms with van der Waals surface area (Å²) in [5.74, 6) is 0.145. The fourth-order valence-electron chi connectivity index (χ4n) is 0.941. The number of carbonyl (C=O) groups excluding carboxylic acids is 1. The van der Waals surface area contributed by atoms with Crippen molar-refractivity contribution in [2.45, 2.75) is 12.8 Å². The minimum absolute atomic E-state index is 0. The third kappa shape index (κ3) is 3.07. The van der Waals surface area contributed by atoms with Gasteiger partial charge in [-0.1, -0.05) is 12.5 Å². The van der Waals surface area contributed by atoms with Crippen LogP contribution in [0.15, 0.2) is 12.2 Å². The van der Waals surface area contributed by atoms with Crippen LogP contribution in [0.5, 0.6) is 0 Å². The molecule has 0 aromatic rings. The molecule has 0 N–H and O–H groups in total. The van der Waals surface area contributed by atoms with E-state index >= 15 is 0 Å². The van der Waals surface area contributed by atoms with E-state index in [9.17, 15) is 4.79 Å². The van der Waals surface area contributed by atoms with Crippen LogP contribution in [-0.2, 0) is 37.5 Å². The first-order valence-corrected chi connectivity index (χ1v) is 3.00. The van der Waals surface area contributed by atoms with Gasteiger partial charge in [-0.25, -0.2) is 0 Å². The Labute approximate surface area is 87.1 Å². The molecule has 0 atom stereocenters. The van der Waals surface area contributed by atoms with Crippen LogP contribution in [0.25, 0.3) is 0 Å². The van der Waals surface area contributed by atoms with E-state index in [4.69, 9.17) is 0 Å². The predicted molar refractivity (Wildman–Crippen MR) is 36.5 cm³/mol. The molecule has 1 nitrogen and oxygen atoms in total. The molecule has 0 heterocycles. The van der Waals surface area contributed by atoms with Crippen molar-refractivity contribution in [2.24, 2.45) is 5.41 Å². The van der Waals surface area contributed by atoms with Gasteiger partial charge in [0.05, 0.1) is 0 Å². The van der Waals surface area contributed by atoms with Gasteiger partial charge in [0.25, 0.3) is 0 Å². The maximum Gasteiger partial charge on any atom is 0.150 e. The number of rotatable bonds is 0. The molecule has 0 aliphatic heterocycles. The summed E-state index contributed by atoms with van der Waals surface area (Å²) in [6.07, 6.45) is 4.75. The molecule has 1 aliphatic carbocycles. The summed E-state index contributed by atoms with van der Waals surface area (Å²) in [5, 5.41) is 0. The van der Waals surface area contributed by atoms with Crippen molar-refractivity contribution >= 4 is 5.78 Å². The monoisotopic (exact) mass is 211 g/mol. The topological polar surface area (TPSA) is 17.1 Å². The molecule has 2 heteroatoms. The Balaban J connectivity index is 0.000000810. The molecule has 10 heavy (non-hydrogen) atoms. The van der Waals surface area contributed by atoms with Crippen LogP contribution in [0.1, 0.15) is 12.8 Å². The maximum absolute atomic E-state index is 10.7. The van der Waals surface area contributed by atoms with Crippen molar-refractivity contribution in [2.75, 3.05) is 0 Å². The van der Waals surface area contributed by atoms with Gasteiger partial charge in [-0.05, 0) is 12.5 Å². The Morgan fingerprint density at radius 1 is 1.50 bits per heavy atom. The number of carbonyl (C=O) groups is 1. The molecule has 0 unspecified atom stereocenters. The van der Waals surface area contributed by atoms with Crippen molar-refractivity contribution in [3.8, 4) is 0 Å². The predicted octanol–water partition coefficient (Wildman–Crippen LogP) is 1.56. The fraction of sp³-hybridized carbons (Fsp3) is 0.375. The second-order valence-corrected chi connectivity index (χ2v) is 2.75. The van der Waals surface area contributed by atoms with Gasteiger partial charge in [-0.15, -0.1) is 0 Å². The molecule has 0 fully saturated rings. The molecule has 1 rings (SSSR count). The van der Waals surface area contributed by atoms with Crippen LogP contribution in [-0.4, -0.2) is 5.78 Å². The molecule has 0 bridgehead atoms. The van der Waals surface area contributed by atoms with E-state index in [1.165, 1.54) is 0 Å². The fourth-order valence-corrected chi connectivity index (χ4v) is 0.941. The van der Waals surface area contributed by atoms with E-state index in [-0.39, 0.29) is 43.9 Å². The molecular weight excluding hydrogens is 201 g/mol. The van der Waals surface area contributed by atoms with Gasteiger partial charge < -0.3 is 13.8 Å². The molecule has 0 spiro atoms. The third-order valence-corrected chi connectivity index (χ3v) is 1.40. The summed E-state index contributed by atoms with van der Waals surface area (Å²) in [6, 6.07) is 0.